The highest BCUT2D eigenvalue weighted by atomic mass is 32.2. The van der Waals surface area contributed by atoms with Gasteiger partial charge in [-0.3, -0.25) is 9.59 Å². The number of carbonyl (C=O) groups is 2. The topological polar surface area (TPSA) is 86.8 Å². The van der Waals surface area contributed by atoms with Crippen molar-refractivity contribution in [1.82, 2.24) is 9.21 Å². The zero-order chi connectivity index (χ0) is 22.7. The predicted molar refractivity (Wildman–Crippen MR) is 123 cm³/mol. The molecule has 2 aromatic carbocycles. The highest BCUT2D eigenvalue weighted by Crippen LogP contribution is 2.25. The number of anilines is 1. The fourth-order valence-corrected chi connectivity index (χ4v) is 6.08. The zero-order valence-electron chi connectivity index (χ0n) is 18.3. The summed E-state index contributed by atoms with van der Waals surface area (Å²) in [5.74, 6) is -0.150. The van der Waals surface area contributed by atoms with Crippen LogP contribution in [0.25, 0.3) is 0 Å². The summed E-state index contributed by atoms with van der Waals surface area (Å²) in [5.41, 5.74) is 1.98. The fraction of sp³-hybridized carbons (Fsp3) is 0.417. The van der Waals surface area contributed by atoms with Crippen LogP contribution in [0.2, 0.25) is 0 Å². The van der Waals surface area contributed by atoms with E-state index in [4.69, 9.17) is 0 Å². The summed E-state index contributed by atoms with van der Waals surface area (Å²) >= 11 is 0. The van der Waals surface area contributed by atoms with E-state index in [1.165, 1.54) is 12.1 Å². The Labute approximate surface area is 189 Å². The lowest BCUT2D eigenvalue weighted by atomic mass is 10.1. The first kappa shape index (κ1) is 22.5. The standard InChI is InChI=1S/C24H29N3O4S/c1-18-6-2-3-15-27(18)32(30,31)22-12-10-20(11-13-22)24(29)25-21-8-4-7-19(16-21)17-26-14-5-9-23(26)28/h4,7-8,10-13,16,18H,2-3,5-6,9,14-15,17H2,1H3,(H,25,29). The molecular weight excluding hydrogens is 426 g/mol. The highest BCUT2D eigenvalue weighted by molar-refractivity contribution is 7.89. The molecule has 7 nitrogen and oxygen atoms in total. The number of hydrogen-bond acceptors (Lipinski definition) is 4. The summed E-state index contributed by atoms with van der Waals surface area (Å²) < 4.78 is 27.5. The van der Waals surface area contributed by atoms with Gasteiger partial charge in [-0.05, 0) is 68.1 Å². The quantitative estimate of drug-likeness (QED) is 0.721. The van der Waals surface area contributed by atoms with Crippen LogP contribution in [0.4, 0.5) is 5.69 Å². The van der Waals surface area contributed by atoms with Gasteiger partial charge >= 0.3 is 0 Å². The molecule has 2 fully saturated rings. The molecule has 2 amide bonds. The second-order valence-corrected chi connectivity index (χ2v) is 10.4. The molecule has 0 spiro atoms. The Morgan fingerprint density at radius 3 is 2.53 bits per heavy atom. The molecule has 32 heavy (non-hydrogen) atoms. The van der Waals surface area contributed by atoms with E-state index in [0.717, 1.165) is 37.8 Å². The molecule has 2 aliphatic heterocycles. The Bertz CT molecular complexity index is 1100. The molecule has 2 heterocycles. The van der Waals surface area contributed by atoms with Crippen LogP contribution in [0.15, 0.2) is 53.4 Å². The molecule has 1 atom stereocenters. The Balaban J connectivity index is 1.43. The van der Waals surface area contributed by atoms with Gasteiger partial charge in [0.25, 0.3) is 5.91 Å². The van der Waals surface area contributed by atoms with Gasteiger partial charge < -0.3 is 10.2 Å². The van der Waals surface area contributed by atoms with E-state index in [-0.39, 0.29) is 22.8 Å². The van der Waals surface area contributed by atoms with Gasteiger partial charge in [0, 0.05) is 43.3 Å². The van der Waals surface area contributed by atoms with Crippen molar-refractivity contribution < 1.29 is 18.0 Å². The minimum absolute atomic E-state index is 0.0140. The maximum atomic E-state index is 13.0. The number of nitrogens with zero attached hydrogens (tertiary/aromatic N) is 2. The number of nitrogens with one attached hydrogen (secondary N) is 1. The Morgan fingerprint density at radius 2 is 1.84 bits per heavy atom. The molecule has 1 unspecified atom stereocenters. The molecule has 0 aliphatic carbocycles. The highest BCUT2D eigenvalue weighted by Gasteiger charge is 2.31. The van der Waals surface area contributed by atoms with Gasteiger partial charge in [-0.25, -0.2) is 8.42 Å². The first-order chi connectivity index (χ1) is 15.3. The second kappa shape index (κ2) is 9.42. The molecule has 2 aliphatic rings. The molecule has 2 aromatic rings. The van der Waals surface area contributed by atoms with Crippen LogP contribution in [0.3, 0.4) is 0 Å². The molecule has 170 valence electrons. The van der Waals surface area contributed by atoms with Crippen molar-refractivity contribution in [3.05, 3.63) is 59.7 Å². The van der Waals surface area contributed by atoms with E-state index in [2.05, 4.69) is 5.32 Å². The van der Waals surface area contributed by atoms with Crippen molar-refractivity contribution in [3.8, 4) is 0 Å². The van der Waals surface area contributed by atoms with Crippen molar-refractivity contribution in [2.45, 2.75) is 56.5 Å². The Morgan fingerprint density at radius 1 is 1.06 bits per heavy atom. The average molecular weight is 456 g/mol. The van der Waals surface area contributed by atoms with Crippen LogP contribution in [0, 0.1) is 0 Å². The normalized spacial score (nSPS) is 19.8. The molecule has 0 aromatic heterocycles. The van der Waals surface area contributed by atoms with Gasteiger partial charge in [0.1, 0.15) is 0 Å². The number of piperidine rings is 1. The average Bonchev–Trinajstić information content (AvgIpc) is 3.18. The summed E-state index contributed by atoms with van der Waals surface area (Å²) in [4.78, 5) is 26.6. The molecule has 0 saturated carbocycles. The lowest BCUT2D eigenvalue weighted by Gasteiger charge is -2.32. The van der Waals surface area contributed by atoms with Crippen molar-refractivity contribution in [3.63, 3.8) is 0 Å². The van der Waals surface area contributed by atoms with Crippen LogP contribution >= 0.6 is 0 Å². The minimum atomic E-state index is -3.56. The predicted octanol–water partition coefficient (Wildman–Crippen LogP) is 3.62. The number of hydrogen-bond donors (Lipinski definition) is 1. The summed E-state index contributed by atoms with van der Waals surface area (Å²) in [6.45, 7) is 3.77. The van der Waals surface area contributed by atoms with Gasteiger partial charge in [0.05, 0.1) is 4.90 Å². The van der Waals surface area contributed by atoms with Crippen molar-refractivity contribution >= 4 is 27.5 Å². The van der Waals surface area contributed by atoms with Crippen LogP contribution in [-0.2, 0) is 21.4 Å². The number of benzene rings is 2. The Hall–Kier alpha value is -2.71. The van der Waals surface area contributed by atoms with E-state index in [0.29, 0.717) is 30.8 Å². The lowest BCUT2D eigenvalue weighted by molar-refractivity contribution is -0.128. The third-order valence-electron chi connectivity index (χ3n) is 6.19. The van der Waals surface area contributed by atoms with Gasteiger partial charge in [-0.2, -0.15) is 4.31 Å². The van der Waals surface area contributed by atoms with Gasteiger partial charge in [0.2, 0.25) is 15.9 Å². The maximum absolute atomic E-state index is 13.0. The van der Waals surface area contributed by atoms with E-state index >= 15 is 0 Å². The zero-order valence-corrected chi connectivity index (χ0v) is 19.1. The van der Waals surface area contributed by atoms with Gasteiger partial charge in [0.15, 0.2) is 0 Å². The van der Waals surface area contributed by atoms with Crippen LogP contribution < -0.4 is 5.32 Å². The summed E-state index contributed by atoms with van der Waals surface area (Å²) in [6, 6.07) is 13.5. The Kier molecular flexibility index (Phi) is 6.62. The summed E-state index contributed by atoms with van der Waals surface area (Å²) in [6.07, 6.45) is 4.26. The molecule has 1 N–H and O–H groups in total. The van der Waals surface area contributed by atoms with Crippen molar-refractivity contribution in [2.75, 3.05) is 18.4 Å². The number of amides is 2. The first-order valence-corrected chi connectivity index (χ1v) is 12.6. The molecule has 4 rings (SSSR count). The largest absolute Gasteiger partial charge is 0.338 e. The number of sulfonamides is 1. The molecule has 0 bridgehead atoms. The molecule has 0 radical (unpaired) electrons. The number of rotatable bonds is 6. The van der Waals surface area contributed by atoms with Crippen molar-refractivity contribution in [2.24, 2.45) is 0 Å². The van der Waals surface area contributed by atoms with Crippen molar-refractivity contribution in [1.29, 1.82) is 0 Å². The molecule has 8 heteroatoms. The second-order valence-electron chi connectivity index (χ2n) is 8.56. The number of carbonyl (C=O) groups excluding carboxylic acids is 2. The van der Waals surface area contributed by atoms with Gasteiger partial charge in [-0.15, -0.1) is 0 Å². The number of likely N-dealkylation sites (tertiary alicyclic amines) is 1. The third-order valence-corrected chi connectivity index (χ3v) is 8.22. The lowest BCUT2D eigenvalue weighted by Crippen LogP contribution is -2.41. The minimum Gasteiger partial charge on any atom is -0.338 e. The summed E-state index contributed by atoms with van der Waals surface area (Å²) in [5, 5.41) is 2.86. The van der Waals surface area contributed by atoms with Crippen LogP contribution in [-0.4, -0.2) is 48.6 Å². The third kappa shape index (κ3) is 4.86. The smallest absolute Gasteiger partial charge is 0.255 e. The monoisotopic (exact) mass is 455 g/mol. The van der Waals surface area contributed by atoms with Gasteiger partial charge in [-0.1, -0.05) is 18.6 Å². The molecular formula is C24H29N3O4S. The van der Waals surface area contributed by atoms with E-state index in [1.54, 1.807) is 22.5 Å². The fourth-order valence-electron chi connectivity index (χ4n) is 4.38. The molecule has 2 saturated heterocycles. The van der Waals surface area contributed by atoms with Crippen LogP contribution in [0.1, 0.15) is 54.9 Å². The van der Waals surface area contributed by atoms with E-state index < -0.39 is 10.0 Å². The van der Waals surface area contributed by atoms with Crippen LogP contribution in [0.5, 0.6) is 0 Å². The SMILES string of the molecule is CC1CCCCN1S(=O)(=O)c1ccc(C(=O)Nc2cccc(CN3CCCC3=O)c2)cc1. The summed E-state index contributed by atoms with van der Waals surface area (Å²) in [7, 11) is -3.56. The maximum Gasteiger partial charge on any atom is 0.255 e. The van der Waals surface area contributed by atoms with E-state index in [9.17, 15) is 18.0 Å². The van der Waals surface area contributed by atoms with E-state index in [1.807, 2.05) is 30.0 Å². The first-order valence-electron chi connectivity index (χ1n) is 11.1.